The summed E-state index contributed by atoms with van der Waals surface area (Å²) in [4.78, 5) is 72.5. The second-order valence-electron chi connectivity index (χ2n) is 28.0. The van der Waals surface area contributed by atoms with Crippen LogP contribution in [0.25, 0.3) is 0 Å². The van der Waals surface area contributed by atoms with Crippen molar-refractivity contribution in [2.75, 3.05) is 39.6 Å². The van der Waals surface area contributed by atoms with Gasteiger partial charge in [-0.15, -0.1) is 0 Å². The lowest BCUT2D eigenvalue weighted by Gasteiger charge is -2.21. The molecule has 0 bridgehead atoms. The van der Waals surface area contributed by atoms with E-state index in [9.17, 15) is 43.2 Å². The molecule has 2 unspecified atom stereocenters. The van der Waals surface area contributed by atoms with E-state index in [0.717, 1.165) is 108 Å². The van der Waals surface area contributed by atoms with Gasteiger partial charge in [-0.2, -0.15) is 0 Å². The first kappa shape index (κ1) is 92.1. The van der Waals surface area contributed by atoms with E-state index >= 15 is 0 Å². The van der Waals surface area contributed by atoms with Gasteiger partial charge < -0.3 is 33.8 Å². The third kappa shape index (κ3) is 68.6. The maximum absolute atomic E-state index is 13.1. The van der Waals surface area contributed by atoms with Gasteiger partial charge in [-0.1, -0.05) is 337 Å². The molecule has 19 heteroatoms. The fraction of sp³-hybridized carbons (Fsp3) is 0.947. The van der Waals surface area contributed by atoms with Crippen LogP contribution in [0.5, 0.6) is 0 Å². The number of phosphoric ester groups is 2. The molecule has 0 aliphatic carbocycles. The number of phosphoric acid groups is 2. The Bertz CT molecular complexity index is 1820. The van der Waals surface area contributed by atoms with E-state index in [4.69, 9.17) is 37.0 Å². The van der Waals surface area contributed by atoms with Gasteiger partial charge in [0.05, 0.1) is 26.4 Å². The summed E-state index contributed by atoms with van der Waals surface area (Å²) < 4.78 is 68.3. The molecule has 0 spiro atoms. The van der Waals surface area contributed by atoms with Crippen LogP contribution < -0.4 is 0 Å². The average Bonchev–Trinajstić information content (AvgIpc) is 1.91. The molecule has 3 N–H and O–H groups in total. The van der Waals surface area contributed by atoms with Crippen molar-refractivity contribution in [2.24, 2.45) is 11.8 Å². The van der Waals surface area contributed by atoms with Crippen molar-refractivity contribution < 1.29 is 80.2 Å². The van der Waals surface area contributed by atoms with Crippen LogP contribution >= 0.6 is 15.6 Å². The first-order chi connectivity index (χ1) is 45.4. The first-order valence-electron chi connectivity index (χ1n) is 39.0. The van der Waals surface area contributed by atoms with Gasteiger partial charge in [0, 0.05) is 25.7 Å². The van der Waals surface area contributed by atoms with Crippen LogP contribution in [0, 0.1) is 11.8 Å². The summed E-state index contributed by atoms with van der Waals surface area (Å²) in [5.41, 5.74) is 0. The molecule has 0 saturated heterocycles. The van der Waals surface area contributed by atoms with Crippen LogP contribution in [0.1, 0.15) is 388 Å². The summed E-state index contributed by atoms with van der Waals surface area (Å²) in [6.45, 7) is 9.53. The Morgan fingerprint density at radius 2 is 0.489 bits per heavy atom. The van der Waals surface area contributed by atoms with Crippen LogP contribution in [0.15, 0.2) is 0 Å². The number of unbranched alkanes of at least 4 members (excludes halogenated alkanes) is 44. The van der Waals surface area contributed by atoms with Crippen LogP contribution in [0.2, 0.25) is 0 Å². The lowest BCUT2D eigenvalue weighted by Crippen LogP contribution is -2.30. The van der Waals surface area contributed by atoms with Crippen molar-refractivity contribution in [1.82, 2.24) is 0 Å². The minimum absolute atomic E-state index is 0.106. The number of ether oxygens (including phenoxy) is 4. The minimum Gasteiger partial charge on any atom is -0.462 e. The molecule has 0 aliphatic heterocycles. The van der Waals surface area contributed by atoms with Gasteiger partial charge in [-0.25, -0.2) is 9.13 Å². The second kappa shape index (κ2) is 66.9. The van der Waals surface area contributed by atoms with Gasteiger partial charge in [0.2, 0.25) is 0 Å². The van der Waals surface area contributed by atoms with Crippen molar-refractivity contribution in [1.29, 1.82) is 0 Å². The summed E-state index contributed by atoms with van der Waals surface area (Å²) in [6, 6.07) is 0. The fourth-order valence-corrected chi connectivity index (χ4v) is 13.1. The molecule has 0 rings (SSSR count). The van der Waals surface area contributed by atoms with Gasteiger partial charge >= 0.3 is 39.5 Å². The molecule has 558 valence electrons. The highest BCUT2D eigenvalue weighted by molar-refractivity contribution is 7.47. The van der Waals surface area contributed by atoms with Gasteiger partial charge in [-0.05, 0) is 37.5 Å². The van der Waals surface area contributed by atoms with Gasteiger partial charge in [0.1, 0.15) is 19.3 Å². The summed E-state index contributed by atoms with van der Waals surface area (Å²) in [5.74, 6) is -0.552. The topological polar surface area (TPSA) is 237 Å². The summed E-state index contributed by atoms with van der Waals surface area (Å²) in [7, 11) is -9.90. The van der Waals surface area contributed by atoms with Gasteiger partial charge in [0.15, 0.2) is 12.2 Å². The number of carbonyl (C=O) groups is 4. The smallest absolute Gasteiger partial charge is 0.462 e. The van der Waals surface area contributed by atoms with E-state index in [1.807, 2.05) is 0 Å². The van der Waals surface area contributed by atoms with Crippen LogP contribution in [-0.4, -0.2) is 96.7 Å². The lowest BCUT2D eigenvalue weighted by atomic mass is 10.0. The molecule has 17 nitrogen and oxygen atoms in total. The predicted molar refractivity (Wildman–Crippen MR) is 381 cm³/mol. The maximum Gasteiger partial charge on any atom is 0.472 e. The quantitative estimate of drug-likeness (QED) is 0.0222. The number of aliphatic hydroxyl groups is 1. The summed E-state index contributed by atoms with van der Waals surface area (Å²) in [5, 5.41) is 10.6. The molecule has 0 amide bonds. The van der Waals surface area contributed by atoms with Crippen molar-refractivity contribution in [3.05, 3.63) is 0 Å². The Morgan fingerprint density at radius 3 is 0.723 bits per heavy atom. The highest BCUT2D eigenvalue weighted by atomic mass is 31.2. The van der Waals surface area contributed by atoms with Crippen molar-refractivity contribution in [3.8, 4) is 0 Å². The van der Waals surface area contributed by atoms with E-state index in [-0.39, 0.29) is 25.7 Å². The molecule has 0 aromatic rings. The number of hydrogen-bond acceptors (Lipinski definition) is 15. The molecule has 0 radical (unpaired) electrons. The average molecular weight is 1380 g/mol. The van der Waals surface area contributed by atoms with Crippen LogP contribution in [0.3, 0.4) is 0 Å². The van der Waals surface area contributed by atoms with Gasteiger partial charge in [-0.3, -0.25) is 37.3 Å². The number of esters is 4. The van der Waals surface area contributed by atoms with Crippen molar-refractivity contribution in [2.45, 2.75) is 407 Å². The number of hydrogen-bond donors (Lipinski definition) is 3. The van der Waals surface area contributed by atoms with E-state index in [1.165, 1.54) is 199 Å². The van der Waals surface area contributed by atoms with E-state index in [1.54, 1.807) is 0 Å². The Morgan fingerprint density at radius 1 is 0.287 bits per heavy atom. The van der Waals surface area contributed by atoms with E-state index in [2.05, 4.69) is 41.5 Å². The lowest BCUT2D eigenvalue weighted by molar-refractivity contribution is -0.161. The van der Waals surface area contributed by atoms with Crippen molar-refractivity contribution in [3.63, 3.8) is 0 Å². The van der Waals surface area contributed by atoms with Crippen LogP contribution in [0.4, 0.5) is 0 Å². The zero-order valence-corrected chi connectivity index (χ0v) is 63.1. The molecule has 0 saturated carbocycles. The Hall–Kier alpha value is -1.94. The molecule has 0 aromatic heterocycles. The second-order valence-corrected chi connectivity index (χ2v) is 30.9. The number of carbonyl (C=O) groups excluding carboxylic acids is 4. The SMILES string of the molecule is CCCCCCCCCCCCCCCCCCC(=O)OC[C@H](COP(=O)(O)OC[C@@H](O)COP(=O)(O)OC[C@@H](COC(=O)CCCCCCC)OC(=O)CCCCCCCCCCCCCC(C)C)OC(=O)CCCCCCCCCCCCCCCCCCC(C)C. The largest absolute Gasteiger partial charge is 0.472 e. The number of rotatable bonds is 74. The molecule has 94 heavy (non-hydrogen) atoms. The van der Waals surface area contributed by atoms with Crippen molar-refractivity contribution >= 4 is 39.5 Å². The minimum atomic E-state index is -4.95. The third-order valence-corrected chi connectivity index (χ3v) is 19.4. The van der Waals surface area contributed by atoms with Gasteiger partial charge in [0.25, 0.3) is 0 Å². The summed E-state index contributed by atoms with van der Waals surface area (Å²) in [6.07, 6.45) is 54.5. The van der Waals surface area contributed by atoms with Crippen LogP contribution in [-0.2, 0) is 65.4 Å². The normalized spacial score (nSPS) is 14.0. The number of aliphatic hydroxyl groups excluding tert-OH is 1. The molecular formula is C75H146O17P2. The highest BCUT2D eigenvalue weighted by Crippen LogP contribution is 2.45. The summed E-state index contributed by atoms with van der Waals surface area (Å²) >= 11 is 0. The highest BCUT2D eigenvalue weighted by Gasteiger charge is 2.30. The monoisotopic (exact) mass is 1380 g/mol. The molecular weight excluding hydrogens is 1230 g/mol. The maximum atomic E-state index is 13.1. The standard InChI is InChI=1S/C75H146O17P2/c1-7-9-11-13-14-15-16-17-18-22-25-30-35-40-46-52-58-73(78)86-64-71(92-75(80)59-53-47-41-36-31-26-23-20-19-21-24-28-33-38-44-49-55-67(3)4)66-90-94(83,84)88-62-69(76)61-87-93(81,82)89-65-70(63-85-72(77)57-51-43-12-10-8-2)91-74(79)60-54-48-42-37-32-27-29-34-39-45-50-56-68(5)6/h67-71,76H,7-66H2,1-6H3,(H,81,82)(H,83,84)/t69-,70+,71+/m0/s1. The molecule has 0 aromatic carbocycles. The first-order valence-corrected chi connectivity index (χ1v) is 42.0. The third-order valence-electron chi connectivity index (χ3n) is 17.5. The Balaban J connectivity index is 5.14. The Kier molecular flexibility index (Phi) is 65.5. The molecule has 0 fully saturated rings. The molecule has 0 heterocycles. The Labute approximate surface area is 575 Å². The zero-order valence-electron chi connectivity index (χ0n) is 61.3. The molecule has 0 aliphatic rings. The fourth-order valence-electron chi connectivity index (χ4n) is 11.5. The zero-order chi connectivity index (χ0) is 69.3. The van der Waals surface area contributed by atoms with E-state index < -0.39 is 97.5 Å². The molecule has 5 atom stereocenters. The predicted octanol–water partition coefficient (Wildman–Crippen LogP) is 21.9. The van der Waals surface area contributed by atoms with E-state index in [0.29, 0.717) is 25.7 Å².